The maximum absolute atomic E-state index is 12.5. The van der Waals surface area contributed by atoms with Crippen molar-refractivity contribution < 1.29 is 31.1 Å². The van der Waals surface area contributed by atoms with E-state index in [1.807, 2.05) is 66.5 Å². The maximum atomic E-state index is 12.5. The van der Waals surface area contributed by atoms with Gasteiger partial charge in [-0.05, 0) is 13.0 Å². The molecular formula is C20H18BrN3O2. The monoisotopic (exact) mass is 411 g/mol. The van der Waals surface area contributed by atoms with Crippen LogP contribution in [0.25, 0.3) is 27.6 Å². The van der Waals surface area contributed by atoms with Crippen molar-refractivity contribution in [3.8, 4) is 5.69 Å². The fourth-order valence-electron chi connectivity index (χ4n) is 3.15. The predicted molar refractivity (Wildman–Crippen MR) is 95.7 cm³/mol. The predicted octanol–water partition coefficient (Wildman–Crippen LogP) is 0.184. The highest BCUT2D eigenvalue weighted by Crippen LogP contribution is 2.28. The summed E-state index contributed by atoms with van der Waals surface area (Å²) in [5.41, 5.74) is 3.89. The van der Waals surface area contributed by atoms with Gasteiger partial charge in [-0.2, -0.15) is 4.57 Å². The molecule has 0 saturated carbocycles. The summed E-state index contributed by atoms with van der Waals surface area (Å²) in [5.74, 6) is -0.413. The lowest BCUT2D eigenvalue weighted by Gasteiger charge is -2.05. The smallest absolute Gasteiger partial charge is 0.363 e. The first-order valence-electron chi connectivity index (χ1n) is 8.22. The molecule has 26 heavy (non-hydrogen) atoms. The Morgan fingerprint density at radius 3 is 2.58 bits per heavy atom. The molecule has 0 radical (unpaired) electrons. The number of esters is 1. The molecule has 0 amide bonds. The molecule has 0 spiro atoms. The molecule has 0 unspecified atom stereocenters. The number of aromatic nitrogens is 3. The highest BCUT2D eigenvalue weighted by atomic mass is 79.9. The van der Waals surface area contributed by atoms with Gasteiger partial charge in [-0.1, -0.05) is 24.3 Å². The van der Waals surface area contributed by atoms with Gasteiger partial charge in [0, 0.05) is 30.6 Å². The number of benzene rings is 1. The molecule has 6 heteroatoms. The molecule has 0 aliphatic heterocycles. The first-order chi connectivity index (χ1) is 12.2. The topological polar surface area (TPSA) is 48.0 Å². The van der Waals surface area contributed by atoms with Crippen LogP contribution < -0.4 is 21.5 Å². The number of pyridine rings is 2. The minimum Gasteiger partial charge on any atom is -1.00 e. The normalized spacial score (nSPS) is 10.7. The molecule has 4 rings (SSSR count). The van der Waals surface area contributed by atoms with Crippen LogP contribution in [0.3, 0.4) is 0 Å². The van der Waals surface area contributed by atoms with Crippen LogP contribution in [0.4, 0.5) is 0 Å². The average Bonchev–Trinajstić information content (AvgIpc) is 2.94. The summed E-state index contributed by atoms with van der Waals surface area (Å²) in [6.45, 7) is 2.11. The lowest BCUT2D eigenvalue weighted by atomic mass is 10.2. The third kappa shape index (κ3) is 2.86. The van der Waals surface area contributed by atoms with Gasteiger partial charge in [0.05, 0.1) is 23.2 Å². The zero-order chi connectivity index (χ0) is 17.4. The largest absolute Gasteiger partial charge is 1.00 e. The molecule has 4 aromatic rings. The van der Waals surface area contributed by atoms with Crippen molar-refractivity contribution >= 4 is 27.9 Å². The van der Waals surface area contributed by atoms with Gasteiger partial charge < -0.3 is 26.3 Å². The van der Waals surface area contributed by atoms with Crippen LogP contribution in [0, 0.1) is 0 Å². The Balaban J connectivity index is 0.00000196. The van der Waals surface area contributed by atoms with Crippen molar-refractivity contribution in [1.29, 1.82) is 0 Å². The van der Waals surface area contributed by atoms with Crippen LogP contribution in [0.1, 0.15) is 17.4 Å². The molecule has 5 nitrogen and oxygen atoms in total. The van der Waals surface area contributed by atoms with Crippen LogP contribution in [0.2, 0.25) is 0 Å². The van der Waals surface area contributed by atoms with E-state index in [9.17, 15) is 4.79 Å². The number of hydrogen-bond acceptors (Lipinski definition) is 3. The lowest BCUT2D eigenvalue weighted by Crippen LogP contribution is -3.00. The molecule has 0 saturated heterocycles. The van der Waals surface area contributed by atoms with Crippen molar-refractivity contribution in [2.24, 2.45) is 7.05 Å². The van der Waals surface area contributed by atoms with E-state index in [4.69, 9.17) is 9.72 Å². The highest BCUT2D eigenvalue weighted by Gasteiger charge is 2.25. The Kier molecular flexibility index (Phi) is 5.04. The van der Waals surface area contributed by atoms with Gasteiger partial charge in [-0.15, -0.1) is 0 Å². The molecule has 0 atom stereocenters. The number of aryl methyl sites for hydroxylation is 1. The summed E-state index contributed by atoms with van der Waals surface area (Å²) in [5, 5.41) is 1.02. The number of nitrogens with zero attached hydrogens (tertiary/aromatic N) is 3. The second-order valence-corrected chi connectivity index (χ2v) is 5.80. The van der Waals surface area contributed by atoms with E-state index in [0.29, 0.717) is 18.0 Å². The third-order valence-corrected chi connectivity index (χ3v) is 4.33. The van der Waals surface area contributed by atoms with Crippen molar-refractivity contribution in [2.45, 2.75) is 6.92 Å². The fourth-order valence-corrected chi connectivity index (χ4v) is 3.15. The number of hydrogen-bond donors (Lipinski definition) is 0. The van der Waals surface area contributed by atoms with E-state index < -0.39 is 5.97 Å². The van der Waals surface area contributed by atoms with Crippen LogP contribution in [-0.2, 0) is 11.8 Å². The van der Waals surface area contributed by atoms with Crippen LogP contribution in [0.5, 0.6) is 0 Å². The SMILES string of the molecule is CCOC(=O)c1nc2c3ccccc3n(C)c2cc1-[n+]1ccccc1.[Br-]. The first-order valence-corrected chi connectivity index (χ1v) is 8.22. The van der Waals surface area contributed by atoms with Gasteiger partial charge in [0.2, 0.25) is 11.4 Å². The van der Waals surface area contributed by atoms with E-state index in [1.54, 1.807) is 6.92 Å². The summed E-state index contributed by atoms with van der Waals surface area (Å²) >= 11 is 0. The molecule has 132 valence electrons. The Bertz CT molecular complexity index is 1090. The van der Waals surface area contributed by atoms with Crippen LogP contribution >= 0.6 is 0 Å². The third-order valence-electron chi connectivity index (χ3n) is 4.33. The second-order valence-electron chi connectivity index (χ2n) is 5.80. The van der Waals surface area contributed by atoms with Crippen molar-refractivity contribution in [1.82, 2.24) is 9.55 Å². The lowest BCUT2D eigenvalue weighted by molar-refractivity contribution is -0.596. The van der Waals surface area contributed by atoms with Crippen LogP contribution in [0.15, 0.2) is 60.9 Å². The molecule has 3 aromatic heterocycles. The summed E-state index contributed by atoms with van der Waals surface area (Å²) in [6.07, 6.45) is 3.79. The average molecular weight is 412 g/mol. The maximum Gasteiger partial charge on any atom is 0.363 e. The molecule has 0 bridgehead atoms. The number of para-hydroxylation sites is 1. The quantitative estimate of drug-likeness (QED) is 0.357. The minimum atomic E-state index is -0.413. The number of carbonyl (C=O) groups excluding carboxylic acids is 1. The van der Waals surface area contributed by atoms with E-state index in [0.717, 1.165) is 21.9 Å². The number of rotatable bonds is 3. The van der Waals surface area contributed by atoms with Gasteiger partial charge >= 0.3 is 5.97 Å². The van der Waals surface area contributed by atoms with Crippen molar-refractivity contribution in [2.75, 3.05) is 6.61 Å². The van der Waals surface area contributed by atoms with E-state index >= 15 is 0 Å². The van der Waals surface area contributed by atoms with Gasteiger partial charge in [-0.3, -0.25) is 0 Å². The van der Waals surface area contributed by atoms with E-state index in [-0.39, 0.29) is 17.0 Å². The number of halogens is 1. The standard InChI is InChI=1S/C20H18N3O2.BrH/c1-3-25-20(24)19-17(23-11-7-4-8-12-23)13-16-18(21-19)14-9-5-6-10-15(14)22(16)2;/h4-13H,3H2,1-2H3;1H/q+1;/p-1. The Morgan fingerprint density at radius 1 is 1.12 bits per heavy atom. The van der Waals surface area contributed by atoms with E-state index in [2.05, 4.69) is 10.6 Å². The molecule has 0 fully saturated rings. The highest BCUT2D eigenvalue weighted by molar-refractivity contribution is 6.07. The minimum absolute atomic E-state index is 0. The Hall–Kier alpha value is -2.73. The fraction of sp³-hybridized carbons (Fsp3) is 0.150. The van der Waals surface area contributed by atoms with Crippen molar-refractivity contribution in [3.05, 3.63) is 66.6 Å². The number of fused-ring (bicyclic) bond motifs is 3. The molecule has 1 aromatic carbocycles. The first kappa shape index (κ1) is 18.1. The summed E-state index contributed by atoms with van der Waals surface area (Å²) in [4.78, 5) is 17.2. The van der Waals surface area contributed by atoms with E-state index in [1.165, 1.54) is 0 Å². The zero-order valence-corrected chi connectivity index (χ0v) is 16.1. The van der Waals surface area contributed by atoms with Crippen molar-refractivity contribution in [3.63, 3.8) is 0 Å². The number of carbonyl (C=O) groups is 1. The Labute approximate surface area is 161 Å². The zero-order valence-electron chi connectivity index (χ0n) is 14.5. The van der Waals surface area contributed by atoms with Gasteiger partial charge in [0.1, 0.15) is 0 Å². The number of ether oxygens (including phenoxy) is 1. The molecular weight excluding hydrogens is 394 g/mol. The van der Waals surface area contributed by atoms with Gasteiger partial charge in [0.15, 0.2) is 12.4 Å². The summed E-state index contributed by atoms with van der Waals surface area (Å²) < 4.78 is 9.22. The van der Waals surface area contributed by atoms with Crippen LogP contribution in [-0.4, -0.2) is 22.1 Å². The second kappa shape index (κ2) is 7.25. The van der Waals surface area contributed by atoms with Gasteiger partial charge in [-0.25, -0.2) is 9.78 Å². The molecule has 0 N–H and O–H groups in total. The molecule has 0 aliphatic carbocycles. The molecule has 0 aliphatic rings. The summed E-state index contributed by atoms with van der Waals surface area (Å²) in [7, 11) is 2.01. The summed E-state index contributed by atoms with van der Waals surface area (Å²) in [6, 6.07) is 15.8. The molecule has 3 heterocycles. The Morgan fingerprint density at radius 2 is 1.85 bits per heavy atom. The van der Waals surface area contributed by atoms with Gasteiger partial charge in [0.25, 0.3) is 0 Å².